The number of benzene rings is 1. The summed E-state index contributed by atoms with van der Waals surface area (Å²) >= 11 is 0. The molecule has 0 spiro atoms. The molecule has 5 nitrogen and oxygen atoms in total. The van der Waals surface area contributed by atoms with Crippen LogP contribution in [-0.2, 0) is 0 Å². The monoisotopic (exact) mass is 269 g/mol. The Labute approximate surface area is 117 Å². The van der Waals surface area contributed by atoms with Crippen molar-refractivity contribution in [2.75, 3.05) is 18.7 Å². The van der Waals surface area contributed by atoms with E-state index in [1.807, 2.05) is 30.6 Å². The van der Waals surface area contributed by atoms with Gasteiger partial charge in [-0.25, -0.2) is 9.97 Å². The highest BCUT2D eigenvalue weighted by atomic mass is 16.7. The number of rotatable bonds is 4. The summed E-state index contributed by atoms with van der Waals surface area (Å²) in [6.07, 6.45) is 6.31. The molecule has 102 valence electrons. The summed E-state index contributed by atoms with van der Waals surface area (Å²) in [5.74, 6) is 3.07. The number of anilines is 1. The molecule has 1 aromatic heterocycles. The average molecular weight is 269 g/mol. The predicted molar refractivity (Wildman–Crippen MR) is 74.8 cm³/mol. The quantitative estimate of drug-likeness (QED) is 0.924. The van der Waals surface area contributed by atoms with Crippen LogP contribution < -0.4 is 14.8 Å². The van der Waals surface area contributed by atoms with Gasteiger partial charge in [-0.3, -0.25) is 0 Å². The van der Waals surface area contributed by atoms with Crippen LogP contribution in [0.2, 0.25) is 0 Å². The van der Waals surface area contributed by atoms with E-state index in [0.717, 1.165) is 35.1 Å². The van der Waals surface area contributed by atoms with Gasteiger partial charge in [0.1, 0.15) is 0 Å². The molecule has 1 fully saturated rings. The van der Waals surface area contributed by atoms with E-state index < -0.39 is 0 Å². The van der Waals surface area contributed by atoms with Crippen molar-refractivity contribution in [1.29, 1.82) is 0 Å². The van der Waals surface area contributed by atoms with Crippen molar-refractivity contribution in [3.05, 3.63) is 30.6 Å². The summed E-state index contributed by atoms with van der Waals surface area (Å²) in [5, 5.41) is 3.26. The van der Waals surface area contributed by atoms with Gasteiger partial charge in [-0.1, -0.05) is 6.07 Å². The van der Waals surface area contributed by atoms with E-state index >= 15 is 0 Å². The third-order valence-electron chi connectivity index (χ3n) is 3.60. The highest BCUT2D eigenvalue weighted by molar-refractivity contribution is 5.66. The minimum atomic E-state index is 0.291. The SMILES string of the molecule is c1cc2c(cc1-c1cnc(NCC3CC3)nc1)OCO2. The van der Waals surface area contributed by atoms with Gasteiger partial charge < -0.3 is 14.8 Å². The van der Waals surface area contributed by atoms with Crippen LogP contribution in [0.4, 0.5) is 5.95 Å². The Morgan fingerprint density at radius 1 is 1.05 bits per heavy atom. The molecule has 0 unspecified atom stereocenters. The summed E-state index contributed by atoms with van der Waals surface area (Å²) in [5.41, 5.74) is 2.00. The molecule has 20 heavy (non-hydrogen) atoms. The fraction of sp³-hybridized carbons (Fsp3) is 0.333. The molecule has 0 radical (unpaired) electrons. The van der Waals surface area contributed by atoms with Crippen molar-refractivity contribution < 1.29 is 9.47 Å². The highest BCUT2D eigenvalue weighted by Gasteiger charge is 2.21. The fourth-order valence-electron chi connectivity index (χ4n) is 2.20. The molecule has 0 atom stereocenters. The zero-order chi connectivity index (χ0) is 13.4. The van der Waals surface area contributed by atoms with Crippen LogP contribution in [-0.4, -0.2) is 23.3 Å². The van der Waals surface area contributed by atoms with Crippen LogP contribution in [0.1, 0.15) is 12.8 Å². The summed E-state index contributed by atoms with van der Waals surface area (Å²) in [6, 6.07) is 5.86. The van der Waals surface area contributed by atoms with E-state index in [4.69, 9.17) is 9.47 Å². The molecule has 0 saturated heterocycles. The van der Waals surface area contributed by atoms with Crippen LogP contribution in [0.3, 0.4) is 0 Å². The number of hydrogen-bond acceptors (Lipinski definition) is 5. The summed E-state index contributed by atoms with van der Waals surface area (Å²) < 4.78 is 10.7. The first-order valence-corrected chi connectivity index (χ1v) is 6.84. The molecule has 1 N–H and O–H groups in total. The first-order valence-electron chi connectivity index (χ1n) is 6.84. The Morgan fingerprint density at radius 2 is 1.85 bits per heavy atom. The highest BCUT2D eigenvalue weighted by Crippen LogP contribution is 2.35. The molecule has 2 heterocycles. The number of aromatic nitrogens is 2. The third kappa shape index (κ3) is 2.27. The van der Waals surface area contributed by atoms with E-state index in [1.54, 1.807) is 0 Å². The summed E-state index contributed by atoms with van der Waals surface area (Å²) in [4.78, 5) is 8.71. The predicted octanol–water partition coefficient (Wildman–Crippen LogP) is 2.69. The molecule has 5 heteroatoms. The second-order valence-corrected chi connectivity index (χ2v) is 5.19. The van der Waals surface area contributed by atoms with Crippen molar-refractivity contribution in [2.45, 2.75) is 12.8 Å². The minimum absolute atomic E-state index is 0.291. The van der Waals surface area contributed by atoms with Gasteiger partial charge in [-0.05, 0) is 36.5 Å². The Hall–Kier alpha value is -2.30. The van der Waals surface area contributed by atoms with Gasteiger partial charge in [0.25, 0.3) is 0 Å². The van der Waals surface area contributed by atoms with Gasteiger partial charge in [0.2, 0.25) is 12.7 Å². The molecule has 1 aromatic carbocycles. The standard InChI is InChI=1S/C15H15N3O2/c1-2-10(1)6-16-15-17-7-12(8-18-15)11-3-4-13-14(5-11)20-9-19-13/h3-5,7-8,10H,1-2,6,9H2,(H,16,17,18). The van der Waals surface area contributed by atoms with Crippen LogP contribution >= 0.6 is 0 Å². The normalized spacial score (nSPS) is 16.2. The minimum Gasteiger partial charge on any atom is -0.454 e. The number of nitrogens with one attached hydrogen (secondary N) is 1. The molecule has 0 amide bonds. The van der Waals surface area contributed by atoms with Crippen LogP contribution in [0.5, 0.6) is 11.5 Å². The maximum absolute atomic E-state index is 5.38. The van der Waals surface area contributed by atoms with Gasteiger partial charge in [0, 0.05) is 24.5 Å². The Bertz CT molecular complexity index is 624. The van der Waals surface area contributed by atoms with Crippen molar-refractivity contribution in [3.8, 4) is 22.6 Å². The molecular formula is C15H15N3O2. The lowest BCUT2D eigenvalue weighted by Gasteiger charge is -2.05. The lowest BCUT2D eigenvalue weighted by molar-refractivity contribution is 0.174. The first kappa shape index (κ1) is 11.5. The van der Waals surface area contributed by atoms with E-state index in [-0.39, 0.29) is 0 Å². The maximum Gasteiger partial charge on any atom is 0.231 e. The lowest BCUT2D eigenvalue weighted by Crippen LogP contribution is -2.06. The summed E-state index contributed by atoms with van der Waals surface area (Å²) in [6.45, 7) is 1.27. The molecule has 1 aliphatic heterocycles. The zero-order valence-electron chi connectivity index (χ0n) is 11.0. The average Bonchev–Trinajstić information content (AvgIpc) is 3.21. The van der Waals surface area contributed by atoms with Crippen LogP contribution in [0.25, 0.3) is 11.1 Å². The van der Waals surface area contributed by atoms with E-state index in [1.165, 1.54) is 12.8 Å². The van der Waals surface area contributed by atoms with E-state index in [9.17, 15) is 0 Å². The van der Waals surface area contributed by atoms with Crippen molar-refractivity contribution in [1.82, 2.24) is 9.97 Å². The van der Waals surface area contributed by atoms with Crippen LogP contribution in [0, 0.1) is 5.92 Å². The van der Waals surface area contributed by atoms with Crippen molar-refractivity contribution >= 4 is 5.95 Å². The summed E-state index contributed by atoms with van der Waals surface area (Å²) in [7, 11) is 0. The number of hydrogen-bond donors (Lipinski definition) is 1. The van der Waals surface area contributed by atoms with Gasteiger partial charge in [-0.15, -0.1) is 0 Å². The molecule has 4 rings (SSSR count). The third-order valence-corrected chi connectivity index (χ3v) is 3.60. The van der Waals surface area contributed by atoms with Gasteiger partial charge in [0.15, 0.2) is 11.5 Å². The zero-order valence-corrected chi connectivity index (χ0v) is 11.0. The largest absolute Gasteiger partial charge is 0.454 e. The lowest BCUT2D eigenvalue weighted by atomic mass is 10.1. The van der Waals surface area contributed by atoms with Crippen molar-refractivity contribution in [2.24, 2.45) is 5.92 Å². The second-order valence-electron chi connectivity index (χ2n) is 5.19. The first-order chi connectivity index (χ1) is 9.88. The smallest absolute Gasteiger partial charge is 0.231 e. The van der Waals surface area contributed by atoms with E-state index in [0.29, 0.717) is 12.7 Å². The number of nitrogens with zero attached hydrogens (tertiary/aromatic N) is 2. The maximum atomic E-state index is 5.38. The van der Waals surface area contributed by atoms with Gasteiger partial charge in [-0.2, -0.15) is 0 Å². The van der Waals surface area contributed by atoms with Crippen molar-refractivity contribution in [3.63, 3.8) is 0 Å². The Balaban J connectivity index is 1.52. The molecular weight excluding hydrogens is 254 g/mol. The Kier molecular flexibility index (Phi) is 2.69. The van der Waals surface area contributed by atoms with Crippen LogP contribution in [0.15, 0.2) is 30.6 Å². The topological polar surface area (TPSA) is 56.3 Å². The molecule has 2 aliphatic rings. The van der Waals surface area contributed by atoms with Gasteiger partial charge >= 0.3 is 0 Å². The fourth-order valence-corrected chi connectivity index (χ4v) is 2.20. The Morgan fingerprint density at radius 3 is 2.65 bits per heavy atom. The molecule has 0 bridgehead atoms. The number of ether oxygens (including phenoxy) is 2. The number of fused-ring (bicyclic) bond motifs is 1. The molecule has 1 saturated carbocycles. The molecule has 2 aromatic rings. The second kappa shape index (κ2) is 4.67. The molecule has 1 aliphatic carbocycles. The van der Waals surface area contributed by atoms with Gasteiger partial charge in [0.05, 0.1) is 0 Å². The van der Waals surface area contributed by atoms with E-state index in [2.05, 4.69) is 15.3 Å².